The van der Waals surface area contributed by atoms with Gasteiger partial charge in [0.2, 0.25) is 11.9 Å². The SMILES string of the molecule is Cc1c(Oc2ccnc(NC(=O)C3CC3)c2)cnc2nc(Nc3cc(C(C)(C)C)n(CCC#N)n3)n(C)c12. The molecule has 5 rings (SSSR count). The highest BCUT2D eigenvalue weighted by Crippen LogP contribution is 2.33. The Morgan fingerprint density at radius 2 is 2.03 bits per heavy atom. The Hall–Kier alpha value is -4.46. The first-order chi connectivity index (χ1) is 18.1. The van der Waals surface area contributed by atoms with Gasteiger partial charge in [0.05, 0.1) is 30.7 Å². The largest absolute Gasteiger partial charge is 0.455 e. The van der Waals surface area contributed by atoms with E-state index in [2.05, 4.69) is 57.5 Å². The van der Waals surface area contributed by atoms with E-state index in [1.165, 1.54) is 0 Å². The fourth-order valence-electron chi connectivity index (χ4n) is 4.31. The number of aromatic nitrogens is 6. The molecule has 1 saturated carbocycles. The van der Waals surface area contributed by atoms with Crippen molar-refractivity contribution in [1.82, 2.24) is 29.3 Å². The molecular formula is C27H31N9O2. The Labute approximate surface area is 220 Å². The maximum Gasteiger partial charge on any atom is 0.228 e. The van der Waals surface area contributed by atoms with E-state index in [4.69, 9.17) is 10.00 Å². The van der Waals surface area contributed by atoms with Gasteiger partial charge in [-0.2, -0.15) is 15.3 Å². The highest BCUT2D eigenvalue weighted by molar-refractivity contribution is 5.93. The number of nitriles is 1. The number of fused-ring (bicyclic) bond motifs is 1. The van der Waals surface area contributed by atoms with Crippen molar-refractivity contribution < 1.29 is 9.53 Å². The number of amides is 1. The van der Waals surface area contributed by atoms with Crippen molar-refractivity contribution in [2.45, 2.75) is 58.9 Å². The van der Waals surface area contributed by atoms with E-state index in [0.29, 0.717) is 47.7 Å². The topological polar surface area (TPSA) is 136 Å². The molecule has 2 N–H and O–H groups in total. The molecule has 11 heteroatoms. The molecule has 1 amide bonds. The molecule has 4 heterocycles. The lowest BCUT2D eigenvalue weighted by atomic mass is 9.92. The summed E-state index contributed by atoms with van der Waals surface area (Å²) in [5.41, 5.74) is 3.16. The summed E-state index contributed by atoms with van der Waals surface area (Å²) in [6.07, 6.45) is 5.48. The third-order valence-electron chi connectivity index (χ3n) is 6.49. The number of aryl methyl sites for hydroxylation is 3. The van der Waals surface area contributed by atoms with Crippen LogP contribution in [0.25, 0.3) is 11.2 Å². The van der Waals surface area contributed by atoms with Gasteiger partial charge in [0.1, 0.15) is 11.6 Å². The smallest absolute Gasteiger partial charge is 0.228 e. The number of rotatable bonds is 8. The Bertz CT molecular complexity index is 1550. The molecule has 0 radical (unpaired) electrons. The number of nitrogens with zero attached hydrogens (tertiary/aromatic N) is 7. The van der Waals surface area contributed by atoms with E-state index >= 15 is 0 Å². The van der Waals surface area contributed by atoms with E-state index in [0.717, 1.165) is 29.6 Å². The lowest BCUT2D eigenvalue weighted by Crippen LogP contribution is -2.18. The molecule has 1 aliphatic rings. The van der Waals surface area contributed by atoms with Gasteiger partial charge in [0.15, 0.2) is 17.2 Å². The van der Waals surface area contributed by atoms with Gasteiger partial charge in [-0.15, -0.1) is 0 Å². The molecule has 0 saturated heterocycles. The normalized spacial score (nSPS) is 13.4. The van der Waals surface area contributed by atoms with Crippen LogP contribution in [0.1, 0.15) is 51.3 Å². The van der Waals surface area contributed by atoms with E-state index in [-0.39, 0.29) is 17.2 Å². The molecule has 1 aliphatic carbocycles. The summed E-state index contributed by atoms with van der Waals surface area (Å²) in [6, 6.07) is 7.62. The van der Waals surface area contributed by atoms with E-state index in [1.54, 1.807) is 24.5 Å². The molecule has 38 heavy (non-hydrogen) atoms. The maximum atomic E-state index is 12.1. The summed E-state index contributed by atoms with van der Waals surface area (Å²) in [6.45, 7) is 8.83. The number of ether oxygens (including phenoxy) is 1. The third kappa shape index (κ3) is 5.16. The molecular weight excluding hydrogens is 482 g/mol. The average molecular weight is 514 g/mol. The van der Waals surface area contributed by atoms with Gasteiger partial charge in [-0.05, 0) is 25.8 Å². The molecule has 0 spiro atoms. The van der Waals surface area contributed by atoms with Crippen LogP contribution in [0.5, 0.6) is 11.5 Å². The summed E-state index contributed by atoms with van der Waals surface area (Å²) in [7, 11) is 1.91. The Balaban J connectivity index is 1.40. The van der Waals surface area contributed by atoms with Crippen molar-refractivity contribution in [2.75, 3.05) is 10.6 Å². The molecule has 1 fully saturated rings. The van der Waals surface area contributed by atoms with Crippen LogP contribution >= 0.6 is 0 Å². The summed E-state index contributed by atoms with van der Waals surface area (Å²) in [4.78, 5) is 25.5. The number of anilines is 3. The molecule has 4 aromatic heterocycles. The van der Waals surface area contributed by atoms with E-state index < -0.39 is 0 Å². The standard InChI is InChI=1S/C27H31N9O2/c1-16-19(38-18-9-11-29-21(13-18)31-25(37)17-7-8-17)15-30-24-23(16)35(5)26(33-24)32-22-14-20(27(2,3)4)36(34-22)12-6-10-28/h9,11,13-15,17H,6-8,12H2,1-5H3,(H,29,31,37)(H,30,32,33,34). The van der Waals surface area contributed by atoms with Gasteiger partial charge >= 0.3 is 0 Å². The van der Waals surface area contributed by atoms with Gasteiger partial charge in [0, 0.05) is 48.0 Å². The molecule has 196 valence electrons. The van der Waals surface area contributed by atoms with Gasteiger partial charge in [0.25, 0.3) is 0 Å². The van der Waals surface area contributed by atoms with Crippen molar-refractivity contribution in [3.8, 4) is 17.6 Å². The van der Waals surface area contributed by atoms with Crippen LogP contribution in [-0.2, 0) is 23.8 Å². The summed E-state index contributed by atoms with van der Waals surface area (Å²) in [5.74, 6) is 2.91. The first-order valence-electron chi connectivity index (χ1n) is 12.6. The molecule has 0 atom stereocenters. The lowest BCUT2D eigenvalue weighted by molar-refractivity contribution is -0.117. The Kier molecular flexibility index (Phi) is 6.48. The molecule has 0 aromatic carbocycles. The molecule has 4 aromatic rings. The fraction of sp³-hybridized carbons (Fsp3) is 0.407. The minimum absolute atomic E-state index is 0.00616. The molecule has 0 unspecified atom stereocenters. The fourth-order valence-corrected chi connectivity index (χ4v) is 4.31. The van der Waals surface area contributed by atoms with Crippen LogP contribution in [0.3, 0.4) is 0 Å². The zero-order valence-corrected chi connectivity index (χ0v) is 22.2. The van der Waals surface area contributed by atoms with Crippen LogP contribution in [0.2, 0.25) is 0 Å². The third-order valence-corrected chi connectivity index (χ3v) is 6.49. The number of imidazole rings is 1. The number of carbonyl (C=O) groups is 1. The summed E-state index contributed by atoms with van der Waals surface area (Å²) < 4.78 is 9.93. The van der Waals surface area contributed by atoms with Crippen LogP contribution in [0.4, 0.5) is 17.6 Å². The van der Waals surface area contributed by atoms with E-state index in [9.17, 15) is 4.79 Å². The van der Waals surface area contributed by atoms with Gasteiger partial charge in [-0.25, -0.2) is 9.97 Å². The minimum Gasteiger partial charge on any atom is -0.455 e. The van der Waals surface area contributed by atoms with Crippen molar-refractivity contribution in [2.24, 2.45) is 13.0 Å². The van der Waals surface area contributed by atoms with Gasteiger partial charge in [-0.3, -0.25) is 9.48 Å². The molecule has 0 aliphatic heterocycles. The van der Waals surface area contributed by atoms with Crippen molar-refractivity contribution >= 4 is 34.7 Å². The monoisotopic (exact) mass is 513 g/mol. The van der Waals surface area contributed by atoms with Crippen LogP contribution in [0.15, 0.2) is 30.6 Å². The number of nitrogens with one attached hydrogen (secondary N) is 2. The first kappa shape index (κ1) is 25.2. The predicted molar refractivity (Wildman–Crippen MR) is 143 cm³/mol. The number of hydrogen-bond donors (Lipinski definition) is 2. The number of pyridine rings is 2. The lowest BCUT2D eigenvalue weighted by Gasteiger charge is -2.19. The Morgan fingerprint density at radius 1 is 1.24 bits per heavy atom. The van der Waals surface area contributed by atoms with Gasteiger partial charge < -0.3 is 19.9 Å². The summed E-state index contributed by atoms with van der Waals surface area (Å²) >= 11 is 0. The predicted octanol–water partition coefficient (Wildman–Crippen LogP) is 4.96. The summed E-state index contributed by atoms with van der Waals surface area (Å²) in [5, 5.41) is 19.9. The zero-order chi connectivity index (χ0) is 27.0. The van der Waals surface area contributed by atoms with Crippen molar-refractivity contribution in [3.05, 3.63) is 41.9 Å². The highest BCUT2D eigenvalue weighted by Gasteiger charge is 2.30. The zero-order valence-electron chi connectivity index (χ0n) is 22.2. The highest BCUT2D eigenvalue weighted by atomic mass is 16.5. The molecule has 11 nitrogen and oxygen atoms in total. The van der Waals surface area contributed by atoms with Crippen LogP contribution in [0, 0.1) is 24.2 Å². The van der Waals surface area contributed by atoms with Crippen molar-refractivity contribution in [1.29, 1.82) is 5.26 Å². The maximum absolute atomic E-state index is 12.1. The van der Waals surface area contributed by atoms with E-state index in [1.807, 2.05) is 29.3 Å². The number of carbonyl (C=O) groups excluding carboxylic acids is 1. The van der Waals surface area contributed by atoms with Crippen molar-refractivity contribution in [3.63, 3.8) is 0 Å². The van der Waals surface area contributed by atoms with Crippen LogP contribution in [-0.4, -0.2) is 35.2 Å². The quantitative estimate of drug-likeness (QED) is 0.337. The minimum atomic E-state index is -0.132. The molecule has 0 bridgehead atoms. The van der Waals surface area contributed by atoms with Crippen LogP contribution < -0.4 is 15.4 Å². The second-order valence-corrected chi connectivity index (χ2v) is 10.6. The first-order valence-corrected chi connectivity index (χ1v) is 12.6. The Morgan fingerprint density at radius 3 is 2.74 bits per heavy atom. The average Bonchev–Trinajstić information content (AvgIpc) is 3.56. The van der Waals surface area contributed by atoms with Gasteiger partial charge in [-0.1, -0.05) is 20.8 Å². The second kappa shape index (κ2) is 9.78. The number of hydrogen-bond acceptors (Lipinski definition) is 8. The second-order valence-electron chi connectivity index (χ2n) is 10.6.